The Labute approximate surface area is 191 Å². The average molecular weight is 482 g/mol. The van der Waals surface area contributed by atoms with Gasteiger partial charge < -0.3 is 15.1 Å². The summed E-state index contributed by atoms with van der Waals surface area (Å²) in [7, 11) is 0. The molecule has 2 saturated heterocycles. The first-order valence-electron chi connectivity index (χ1n) is 10.5. The molecule has 2 aliphatic rings. The van der Waals surface area contributed by atoms with E-state index >= 15 is 0 Å². The van der Waals surface area contributed by atoms with E-state index in [1.54, 1.807) is 9.80 Å². The van der Waals surface area contributed by atoms with Crippen LogP contribution in [0.4, 0.5) is 24.0 Å². The number of rotatable bonds is 4. The van der Waals surface area contributed by atoms with Crippen molar-refractivity contribution in [2.24, 2.45) is 11.8 Å². The molecular weight excluding hydrogens is 459 g/mol. The highest BCUT2D eigenvalue weighted by atomic mass is 32.1. The second-order valence-corrected chi connectivity index (χ2v) is 9.22. The van der Waals surface area contributed by atoms with E-state index < -0.39 is 28.9 Å². The van der Waals surface area contributed by atoms with E-state index in [1.165, 1.54) is 0 Å². The molecule has 0 aliphatic carbocycles. The second-order valence-electron chi connectivity index (χ2n) is 8.24. The fourth-order valence-corrected chi connectivity index (χ4v) is 4.68. The molecule has 0 spiro atoms. The van der Waals surface area contributed by atoms with Crippen LogP contribution in [0.1, 0.15) is 29.8 Å². The zero-order valence-electron chi connectivity index (χ0n) is 17.8. The van der Waals surface area contributed by atoms with Crippen LogP contribution in [0.3, 0.4) is 0 Å². The first-order valence-corrected chi connectivity index (χ1v) is 11.3. The summed E-state index contributed by atoms with van der Waals surface area (Å²) < 4.78 is 37.9. The van der Waals surface area contributed by atoms with Gasteiger partial charge in [0.15, 0.2) is 0 Å². The Balaban J connectivity index is 1.29. The number of amides is 3. The van der Waals surface area contributed by atoms with Gasteiger partial charge in [-0.15, -0.1) is 10.2 Å². The van der Waals surface area contributed by atoms with E-state index in [4.69, 9.17) is 0 Å². The van der Waals surface area contributed by atoms with Crippen LogP contribution in [-0.4, -0.2) is 52.5 Å². The zero-order valence-corrected chi connectivity index (χ0v) is 18.6. The van der Waals surface area contributed by atoms with Crippen LogP contribution in [0.25, 0.3) is 0 Å². The van der Waals surface area contributed by atoms with E-state index in [9.17, 15) is 27.6 Å². The number of carbonyl (C=O) groups excluding carboxylic acids is 3. The Hall–Kier alpha value is -3.02. The molecule has 1 aromatic carbocycles. The molecule has 3 heterocycles. The van der Waals surface area contributed by atoms with Crippen LogP contribution in [0.2, 0.25) is 0 Å². The molecule has 1 atom stereocenters. The van der Waals surface area contributed by atoms with Gasteiger partial charge in [0.2, 0.25) is 27.9 Å². The number of halogens is 3. The van der Waals surface area contributed by atoms with Crippen molar-refractivity contribution in [2.45, 2.75) is 32.4 Å². The number of hydrogen-bond donors (Lipinski definition) is 1. The first-order chi connectivity index (χ1) is 15.6. The van der Waals surface area contributed by atoms with Crippen molar-refractivity contribution in [3.8, 4) is 0 Å². The predicted molar refractivity (Wildman–Crippen MR) is 114 cm³/mol. The average Bonchev–Trinajstić information content (AvgIpc) is 3.41. The summed E-state index contributed by atoms with van der Waals surface area (Å²) in [5.74, 6) is -1.53. The van der Waals surface area contributed by atoms with Crippen LogP contribution in [-0.2, 0) is 20.6 Å². The smallest absolute Gasteiger partial charge is 0.342 e. The van der Waals surface area contributed by atoms with Gasteiger partial charge in [-0.1, -0.05) is 29.0 Å². The maximum absolute atomic E-state index is 13.0. The lowest BCUT2D eigenvalue weighted by molar-refractivity contribution is -0.138. The number of aryl methyl sites for hydroxylation is 1. The van der Waals surface area contributed by atoms with Crippen molar-refractivity contribution in [1.29, 1.82) is 0 Å². The van der Waals surface area contributed by atoms with Gasteiger partial charge in [0, 0.05) is 37.7 Å². The van der Waals surface area contributed by atoms with Gasteiger partial charge in [0.05, 0.1) is 5.92 Å². The van der Waals surface area contributed by atoms with Gasteiger partial charge in [-0.3, -0.25) is 14.4 Å². The predicted octanol–water partition coefficient (Wildman–Crippen LogP) is 3.10. The van der Waals surface area contributed by atoms with Crippen LogP contribution in [0.15, 0.2) is 24.3 Å². The van der Waals surface area contributed by atoms with Crippen molar-refractivity contribution in [2.75, 3.05) is 29.9 Å². The van der Waals surface area contributed by atoms with E-state index in [0.717, 1.165) is 11.3 Å². The molecule has 2 fully saturated rings. The number of alkyl halides is 3. The SMILES string of the molecule is Cc1ccc(N2CC(C(=O)N3CCC(C(=O)Nc4nnc(C(F)(F)F)s4)CC3)CC2=O)cc1. The summed E-state index contributed by atoms with van der Waals surface area (Å²) in [6.07, 6.45) is -3.70. The minimum absolute atomic E-state index is 0.0956. The number of benzene rings is 1. The highest BCUT2D eigenvalue weighted by Gasteiger charge is 2.39. The van der Waals surface area contributed by atoms with Crippen LogP contribution in [0, 0.1) is 18.8 Å². The first kappa shape index (κ1) is 23.1. The summed E-state index contributed by atoms with van der Waals surface area (Å²) in [6, 6.07) is 7.55. The number of carbonyl (C=O) groups is 3. The number of anilines is 2. The minimum Gasteiger partial charge on any atom is -0.342 e. The highest BCUT2D eigenvalue weighted by Crippen LogP contribution is 2.33. The molecule has 4 rings (SSSR count). The van der Waals surface area contributed by atoms with Crippen molar-refractivity contribution in [3.05, 3.63) is 34.8 Å². The Morgan fingerprint density at radius 1 is 1.09 bits per heavy atom. The number of piperidine rings is 1. The Bertz CT molecular complexity index is 1050. The number of nitrogens with one attached hydrogen (secondary N) is 1. The molecule has 2 aromatic rings. The fourth-order valence-electron chi connectivity index (χ4n) is 4.06. The van der Waals surface area contributed by atoms with E-state index in [-0.39, 0.29) is 34.7 Å². The molecule has 3 amide bonds. The lowest BCUT2D eigenvalue weighted by atomic mass is 9.94. The van der Waals surface area contributed by atoms with E-state index in [1.807, 2.05) is 31.2 Å². The van der Waals surface area contributed by atoms with Crippen molar-refractivity contribution >= 4 is 39.9 Å². The van der Waals surface area contributed by atoms with Gasteiger partial charge in [-0.2, -0.15) is 13.2 Å². The molecule has 2 aliphatic heterocycles. The number of nitrogens with zero attached hydrogens (tertiary/aromatic N) is 4. The minimum atomic E-state index is -4.61. The Morgan fingerprint density at radius 2 is 1.76 bits per heavy atom. The number of likely N-dealkylation sites (tertiary alicyclic amines) is 1. The Kier molecular flexibility index (Phi) is 6.37. The topological polar surface area (TPSA) is 95.5 Å². The summed E-state index contributed by atoms with van der Waals surface area (Å²) in [5, 5.41) is 7.48. The van der Waals surface area contributed by atoms with Gasteiger partial charge in [0.25, 0.3) is 0 Å². The molecule has 176 valence electrons. The maximum atomic E-state index is 13.0. The highest BCUT2D eigenvalue weighted by molar-refractivity contribution is 7.15. The quantitative estimate of drug-likeness (QED) is 0.724. The molecule has 1 aromatic heterocycles. The Morgan fingerprint density at radius 3 is 2.36 bits per heavy atom. The fraction of sp³-hybridized carbons (Fsp3) is 0.476. The molecule has 0 radical (unpaired) electrons. The van der Waals surface area contributed by atoms with E-state index in [0.29, 0.717) is 32.5 Å². The molecule has 1 N–H and O–H groups in total. The van der Waals surface area contributed by atoms with Crippen LogP contribution >= 0.6 is 11.3 Å². The third-order valence-corrected chi connectivity index (χ3v) is 6.78. The monoisotopic (exact) mass is 481 g/mol. The summed E-state index contributed by atoms with van der Waals surface area (Å²) >= 11 is 0.273. The van der Waals surface area contributed by atoms with E-state index in [2.05, 4.69) is 15.5 Å². The molecular formula is C21H22F3N5O3S. The van der Waals surface area contributed by atoms with Crippen molar-refractivity contribution in [1.82, 2.24) is 15.1 Å². The summed E-state index contributed by atoms with van der Waals surface area (Å²) in [6.45, 7) is 2.96. The lowest BCUT2D eigenvalue weighted by Crippen LogP contribution is -2.44. The largest absolute Gasteiger partial charge is 0.445 e. The van der Waals surface area contributed by atoms with Crippen LogP contribution < -0.4 is 10.2 Å². The molecule has 0 saturated carbocycles. The standard InChI is InChI=1S/C21H22F3N5O3S/c1-12-2-4-15(5-3-12)29-11-14(10-16(29)30)18(32)28-8-6-13(7-9-28)17(31)25-20-27-26-19(33-20)21(22,23)24/h2-5,13-14H,6-11H2,1H3,(H,25,27,31). The van der Waals surface area contributed by atoms with Crippen LogP contribution in [0.5, 0.6) is 0 Å². The second kappa shape index (κ2) is 9.08. The van der Waals surface area contributed by atoms with Gasteiger partial charge in [-0.25, -0.2) is 0 Å². The number of aromatic nitrogens is 2. The maximum Gasteiger partial charge on any atom is 0.445 e. The van der Waals surface area contributed by atoms with Crippen molar-refractivity contribution < 1.29 is 27.6 Å². The third kappa shape index (κ3) is 5.15. The normalized spacial score (nSPS) is 19.8. The third-order valence-electron chi connectivity index (χ3n) is 5.89. The van der Waals surface area contributed by atoms with Crippen molar-refractivity contribution in [3.63, 3.8) is 0 Å². The van der Waals surface area contributed by atoms with Gasteiger partial charge in [-0.05, 0) is 31.9 Å². The molecule has 8 nitrogen and oxygen atoms in total. The van der Waals surface area contributed by atoms with Gasteiger partial charge in [0.1, 0.15) is 0 Å². The summed E-state index contributed by atoms with van der Waals surface area (Å²) in [5.41, 5.74) is 1.85. The lowest BCUT2D eigenvalue weighted by Gasteiger charge is -2.32. The molecule has 33 heavy (non-hydrogen) atoms. The molecule has 1 unspecified atom stereocenters. The molecule has 12 heteroatoms. The molecule has 0 bridgehead atoms. The summed E-state index contributed by atoms with van der Waals surface area (Å²) in [4.78, 5) is 41.1. The number of hydrogen-bond acceptors (Lipinski definition) is 6. The van der Waals surface area contributed by atoms with Gasteiger partial charge >= 0.3 is 6.18 Å². The zero-order chi connectivity index (χ0) is 23.8.